The van der Waals surface area contributed by atoms with Gasteiger partial charge in [-0.25, -0.2) is 13.6 Å². The minimum atomic E-state index is -0.963. The second kappa shape index (κ2) is 9.17. The van der Waals surface area contributed by atoms with Gasteiger partial charge in [-0.3, -0.25) is 4.57 Å². The number of hydrogen-bond acceptors (Lipinski definition) is 4. The molecular formula is C27H25F2NO4. The maximum Gasteiger partial charge on any atom is 0.418 e. The molecule has 1 aromatic heterocycles. The summed E-state index contributed by atoms with van der Waals surface area (Å²) in [5.74, 6) is -1.06. The Labute approximate surface area is 196 Å². The normalized spacial score (nSPS) is 11.5. The van der Waals surface area contributed by atoms with Gasteiger partial charge in [0.05, 0.1) is 12.6 Å². The maximum atomic E-state index is 13.7. The van der Waals surface area contributed by atoms with Crippen molar-refractivity contribution in [3.63, 3.8) is 0 Å². The predicted molar refractivity (Wildman–Crippen MR) is 126 cm³/mol. The first-order valence-corrected chi connectivity index (χ1v) is 10.7. The molecule has 0 saturated carbocycles. The summed E-state index contributed by atoms with van der Waals surface area (Å²) < 4.78 is 45.3. The Hall–Kier alpha value is -3.87. The number of hydrogen-bond donors (Lipinski definition) is 0. The Morgan fingerprint density at radius 3 is 2.35 bits per heavy atom. The molecule has 0 unspecified atom stereocenters. The molecule has 0 N–H and O–H groups in total. The van der Waals surface area contributed by atoms with Crippen LogP contribution in [0, 0.1) is 11.6 Å². The molecule has 7 heteroatoms. The average Bonchev–Trinajstić information content (AvgIpc) is 3.23. The number of methoxy groups -OCH3 is 1. The summed E-state index contributed by atoms with van der Waals surface area (Å²) in [6.07, 6.45) is 1.25. The van der Waals surface area contributed by atoms with Crippen LogP contribution in [0.15, 0.2) is 66.9 Å². The molecule has 0 fully saturated rings. The van der Waals surface area contributed by atoms with E-state index < -0.39 is 23.3 Å². The average molecular weight is 465 g/mol. The summed E-state index contributed by atoms with van der Waals surface area (Å²) in [4.78, 5) is 12.5. The van der Waals surface area contributed by atoms with Crippen molar-refractivity contribution in [3.05, 3.63) is 84.1 Å². The molecule has 176 valence electrons. The lowest BCUT2D eigenvalue weighted by atomic mass is 10.0. The van der Waals surface area contributed by atoms with Crippen LogP contribution in [-0.2, 0) is 11.3 Å². The lowest BCUT2D eigenvalue weighted by Gasteiger charge is -2.19. The fourth-order valence-corrected chi connectivity index (χ4v) is 3.64. The van der Waals surface area contributed by atoms with Crippen molar-refractivity contribution in [2.45, 2.75) is 33.0 Å². The zero-order valence-electron chi connectivity index (χ0n) is 19.4. The summed E-state index contributed by atoms with van der Waals surface area (Å²) in [5, 5.41) is 0.886. The van der Waals surface area contributed by atoms with E-state index >= 15 is 0 Å². The van der Waals surface area contributed by atoms with E-state index in [0.717, 1.165) is 28.6 Å². The largest absolute Gasteiger partial charge is 0.496 e. The Bertz CT molecular complexity index is 1340. The van der Waals surface area contributed by atoms with E-state index in [4.69, 9.17) is 14.2 Å². The Balaban J connectivity index is 1.52. The predicted octanol–water partition coefficient (Wildman–Crippen LogP) is 6.96. The molecule has 0 amide bonds. The van der Waals surface area contributed by atoms with Crippen LogP contribution in [0.3, 0.4) is 0 Å². The maximum absolute atomic E-state index is 13.7. The number of nitrogens with zero attached hydrogens (tertiary/aromatic N) is 1. The lowest BCUT2D eigenvalue weighted by molar-refractivity contribution is 0.0544. The highest BCUT2D eigenvalue weighted by atomic mass is 19.2. The van der Waals surface area contributed by atoms with E-state index in [-0.39, 0.29) is 12.4 Å². The van der Waals surface area contributed by atoms with Gasteiger partial charge in [-0.05, 0) is 62.2 Å². The van der Waals surface area contributed by atoms with Crippen LogP contribution in [0.2, 0.25) is 0 Å². The minimum Gasteiger partial charge on any atom is -0.496 e. The molecule has 3 aromatic carbocycles. The van der Waals surface area contributed by atoms with Gasteiger partial charge in [0, 0.05) is 23.2 Å². The summed E-state index contributed by atoms with van der Waals surface area (Å²) in [7, 11) is 1.41. The van der Waals surface area contributed by atoms with Crippen molar-refractivity contribution < 1.29 is 27.8 Å². The van der Waals surface area contributed by atoms with Gasteiger partial charge in [0.15, 0.2) is 11.6 Å². The SMILES string of the molecule is COc1cc(F)c(F)cc1-c1ccc(OCc2cccc3c2ccn3C(=O)OC(C)(C)C)cc1. The van der Waals surface area contributed by atoms with Gasteiger partial charge in [-0.15, -0.1) is 0 Å². The van der Waals surface area contributed by atoms with Crippen LogP contribution >= 0.6 is 0 Å². The van der Waals surface area contributed by atoms with Gasteiger partial charge in [0.25, 0.3) is 0 Å². The molecule has 4 aromatic rings. The summed E-state index contributed by atoms with van der Waals surface area (Å²) in [6.45, 7) is 5.75. The van der Waals surface area contributed by atoms with Crippen molar-refractivity contribution in [2.75, 3.05) is 7.11 Å². The molecule has 0 bridgehead atoms. The fourth-order valence-electron chi connectivity index (χ4n) is 3.64. The van der Waals surface area contributed by atoms with Gasteiger partial charge in [-0.1, -0.05) is 24.3 Å². The van der Waals surface area contributed by atoms with E-state index in [1.165, 1.54) is 11.7 Å². The van der Waals surface area contributed by atoms with Gasteiger partial charge < -0.3 is 14.2 Å². The highest BCUT2D eigenvalue weighted by molar-refractivity contribution is 5.91. The lowest BCUT2D eigenvalue weighted by Crippen LogP contribution is -2.26. The number of aromatic nitrogens is 1. The highest BCUT2D eigenvalue weighted by Gasteiger charge is 2.19. The first-order valence-electron chi connectivity index (χ1n) is 10.7. The number of rotatable bonds is 5. The number of halogens is 2. The first kappa shape index (κ1) is 23.3. The van der Waals surface area contributed by atoms with Gasteiger partial charge in [0.1, 0.15) is 23.7 Å². The van der Waals surface area contributed by atoms with Crippen molar-refractivity contribution >= 4 is 17.0 Å². The van der Waals surface area contributed by atoms with E-state index in [2.05, 4.69) is 0 Å². The molecule has 0 saturated heterocycles. The zero-order chi connectivity index (χ0) is 24.5. The van der Waals surface area contributed by atoms with Crippen LogP contribution in [0.5, 0.6) is 11.5 Å². The van der Waals surface area contributed by atoms with Crippen LogP contribution in [0.4, 0.5) is 13.6 Å². The van der Waals surface area contributed by atoms with Crippen molar-refractivity contribution in [1.82, 2.24) is 4.57 Å². The zero-order valence-corrected chi connectivity index (χ0v) is 19.4. The summed E-state index contributed by atoms with van der Waals surface area (Å²) in [5.41, 5.74) is 2.16. The van der Waals surface area contributed by atoms with Crippen molar-refractivity contribution in [1.29, 1.82) is 0 Å². The first-order chi connectivity index (χ1) is 16.2. The van der Waals surface area contributed by atoms with Crippen LogP contribution in [0.25, 0.3) is 22.0 Å². The highest BCUT2D eigenvalue weighted by Crippen LogP contribution is 2.33. The molecule has 5 nitrogen and oxygen atoms in total. The molecule has 0 aliphatic rings. The second-order valence-electron chi connectivity index (χ2n) is 8.80. The summed E-state index contributed by atoms with van der Waals surface area (Å²) in [6, 6.07) is 16.7. The monoisotopic (exact) mass is 465 g/mol. The fraction of sp³-hybridized carbons (Fsp3) is 0.222. The Morgan fingerprint density at radius 2 is 1.68 bits per heavy atom. The molecule has 0 aliphatic carbocycles. The smallest absolute Gasteiger partial charge is 0.418 e. The summed E-state index contributed by atoms with van der Waals surface area (Å²) >= 11 is 0. The van der Waals surface area contributed by atoms with Crippen LogP contribution in [0.1, 0.15) is 26.3 Å². The Kier molecular flexibility index (Phi) is 6.28. The number of ether oxygens (including phenoxy) is 3. The number of benzene rings is 3. The van der Waals surface area contributed by atoms with Crippen molar-refractivity contribution in [3.8, 4) is 22.6 Å². The van der Waals surface area contributed by atoms with Crippen LogP contribution in [-0.4, -0.2) is 23.4 Å². The second-order valence-corrected chi connectivity index (χ2v) is 8.80. The molecule has 1 heterocycles. The van der Waals surface area contributed by atoms with Gasteiger partial charge in [-0.2, -0.15) is 0 Å². The van der Waals surface area contributed by atoms with E-state index in [0.29, 0.717) is 16.9 Å². The topological polar surface area (TPSA) is 49.7 Å². The van der Waals surface area contributed by atoms with E-state index in [1.54, 1.807) is 30.5 Å². The van der Waals surface area contributed by atoms with Crippen molar-refractivity contribution in [2.24, 2.45) is 0 Å². The standard InChI is InChI=1S/C27H25F2NO4/c1-27(2,3)34-26(31)30-13-12-20-18(6-5-7-24(20)30)16-33-19-10-8-17(9-11-19)21-14-22(28)23(29)15-25(21)32-4/h5-15H,16H2,1-4H3. The van der Waals surface area contributed by atoms with Crippen LogP contribution < -0.4 is 9.47 Å². The number of carbonyl (C=O) groups excluding carboxylic acids is 1. The molecule has 0 spiro atoms. The van der Waals surface area contributed by atoms with E-state index in [1.807, 2.05) is 45.0 Å². The molecule has 4 rings (SSSR count). The van der Waals surface area contributed by atoms with Gasteiger partial charge in [0.2, 0.25) is 0 Å². The third-order valence-electron chi connectivity index (χ3n) is 5.22. The molecule has 0 atom stereocenters. The minimum absolute atomic E-state index is 0.244. The number of fused-ring (bicyclic) bond motifs is 1. The molecule has 34 heavy (non-hydrogen) atoms. The van der Waals surface area contributed by atoms with Gasteiger partial charge >= 0.3 is 6.09 Å². The Morgan fingerprint density at radius 1 is 0.971 bits per heavy atom. The quantitative estimate of drug-likeness (QED) is 0.320. The third kappa shape index (κ3) is 4.88. The number of carbonyl (C=O) groups is 1. The molecule has 0 radical (unpaired) electrons. The molecule has 0 aliphatic heterocycles. The molecular weight excluding hydrogens is 440 g/mol. The van der Waals surface area contributed by atoms with E-state index in [9.17, 15) is 13.6 Å². The third-order valence-corrected chi connectivity index (χ3v) is 5.22.